The summed E-state index contributed by atoms with van der Waals surface area (Å²) in [6, 6.07) is 9.29. The Bertz CT molecular complexity index is 644. The van der Waals surface area contributed by atoms with E-state index < -0.39 is 33.9 Å². The van der Waals surface area contributed by atoms with Crippen molar-refractivity contribution in [2.24, 2.45) is 0 Å². The van der Waals surface area contributed by atoms with Crippen LogP contribution in [0.4, 0.5) is 8.78 Å². The molecule has 0 spiro atoms. The highest BCUT2D eigenvalue weighted by Crippen LogP contribution is 2.22. The lowest BCUT2D eigenvalue weighted by molar-refractivity contribution is -0.169. The molecule has 128 valence electrons. The Morgan fingerprint density at radius 1 is 1.13 bits per heavy atom. The highest BCUT2D eigenvalue weighted by Gasteiger charge is 2.54. The van der Waals surface area contributed by atoms with Crippen LogP contribution in [0, 0.1) is 0 Å². The predicted molar refractivity (Wildman–Crippen MR) is 73.2 cm³/mol. The van der Waals surface area contributed by atoms with Crippen molar-refractivity contribution >= 4 is 22.1 Å². The number of alkyl halides is 2. The van der Waals surface area contributed by atoms with Crippen LogP contribution in [-0.4, -0.2) is 43.4 Å². The van der Waals surface area contributed by atoms with Gasteiger partial charge < -0.3 is 9.47 Å². The van der Waals surface area contributed by atoms with Crippen molar-refractivity contribution in [3.8, 4) is 0 Å². The number of ether oxygens (including phenoxy) is 2. The molecule has 0 atom stereocenters. The molecule has 0 aliphatic carbocycles. The molecule has 23 heavy (non-hydrogen) atoms. The third kappa shape index (κ3) is 5.91. The molecule has 0 aliphatic rings. The molecule has 0 bridgehead atoms. The van der Waals surface area contributed by atoms with Gasteiger partial charge >= 0.3 is 27.3 Å². The highest BCUT2D eigenvalue weighted by molar-refractivity contribution is 7.87. The Morgan fingerprint density at radius 2 is 1.74 bits per heavy atom. The Balaban J connectivity index is 2.28. The summed E-state index contributed by atoms with van der Waals surface area (Å²) < 4.78 is 62.8. The molecule has 7 nitrogen and oxygen atoms in total. The maximum atomic E-state index is 12.8. The zero-order valence-electron chi connectivity index (χ0n) is 11.8. The van der Waals surface area contributed by atoms with Crippen molar-refractivity contribution in [1.82, 2.24) is 0 Å². The third-order valence-corrected chi connectivity index (χ3v) is 3.41. The summed E-state index contributed by atoms with van der Waals surface area (Å²) in [4.78, 5) is 22.0. The van der Waals surface area contributed by atoms with Crippen LogP contribution >= 0.6 is 0 Å². The average Bonchev–Trinajstić information content (AvgIpc) is 2.49. The molecule has 0 aromatic heterocycles. The molecule has 1 aromatic rings. The van der Waals surface area contributed by atoms with Crippen molar-refractivity contribution in [3.63, 3.8) is 0 Å². The van der Waals surface area contributed by atoms with Gasteiger partial charge in [-0.15, -0.1) is 0 Å². The molecule has 0 fully saturated rings. The van der Waals surface area contributed by atoms with Crippen LogP contribution in [0.5, 0.6) is 0 Å². The molecule has 0 saturated carbocycles. The van der Waals surface area contributed by atoms with E-state index >= 15 is 0 Å². The number of carbonyl (C=O) groups is 2. The second-order valence-corrected chi connectivity index (χ2v) is 5.84. The van der Waals surface area contributed by atoms with Crippen LogP contribution in [0.3, 0.4) is 0 Å². The number of benzene rings is 1. The fourth-order valence-corrected chi connectivity index (χ4v) is 1.73. The summed E-state index contributed by atoms with van der Waals surface area (Å²) in [5.74, 6) is -3.67. The molecular formula is C13H14F2O7S. The normalized spacial score (nSPS) is 11.8. The predicted octanol–water partition coefficient (Wildman–Crippen LogP) is 1.19. The molecule has 1 rings (SSSR count). The Hall–Kier alpha value is -2.07. The standard InChI is InChI=1S/C13H14F2O7S/c14-13(15,23(18,19)20)12(17)22-9-11(16)21-8-4-7-10-5-2-1-3-6-10/h1-3,5-6H,4,7-9H2,(H,18,19,20). The Morgan fingerprint density at radius 3 is 2.30 bits per heavy atom. The fourth-order valence-electron chi connectivity index (χ4n) is 1.46. The maximum absolute atomic E-state index is 12.8. The first kappa shape index (κ1) is 19.0. The van der Waals surface area contributed by atoms with Gasteiger partial charge in [0.25, 0.3) is 0 Å². The van der Waals surface area contributed by atoms with E-state index in [1.807, 2.05) is 30.3 Å². The zero-order chi connectivity index (χ0) is 17.5. The lowest BCUT2D eigenvalue weighted by Crippen LogP contribution is -2.39. The van der Waals surface area contributed by atoms with E-state index in [9.17, 15) is 26.8 Å². The fraction of sp³-hybridized carbons (Fsp3) is 0.385. The minimum atomic E-state index is -5.96. The average molecular weight is 352 g/mol. The van der Waals surface area contributed by atoms with Gasteiger partial charge in [0, 0.05) is 0 Å². The van der Waals surface area contributed by atoms with Gasteiger partial charge in [0.05, 0.1) is 6.61 Å². The first-order valence-electron chi connectivity index (χ1n) is 6.36. The van der Waals surface area contributed by atoms with Gasteiger partial charge in [-0.2, -0.15) is 17.2 Å². The summed E-state index contributed by atoms with van der Waals surface area (Å²) in [6.07, 6.45) is 1.08. The van der Waals surface area contributed by atoms with Gasteiger partial charge in [-0.3, -0.25) is 4.55 Å². The maximum Gasteiger partial charge on any atom is 0.465 e. The summed E-state index contributed by atoms with van der Waals surface area (Å²) >= 11 is 0. The highest BCUT2D eigenvalue weighted by atomic mass is 32.2. The van der Waals surface area contributed by atoms with Gasteiger partial charge in [0.15, 0.2) is 6.61 Å². The van der Waals surface area contributed by atoms with E-state index in [1.165, 1.54) is 0 Å². The van der Waals surface area contributed by atoms with Gasteiger partial charge in [0.1, 0.15) is 0 Å². The van der Waals surface area contributed by atoms with Gasteiger partial charge in [-0.25, -0.2) is 9.59 Å². The molecule has 0 unspecified atom stereocenters. The second kappa shape index (κ2) is 7.97. The summed E-state index contributed by atoms with van der Waals surface area (Å²) in [5, 5.41) is -5.14. The topological polar surface area (TPSA) is 107 Å². The molecular weight excluding hydrogens is 338 g/mol. The summed E-state index contributed by atoms with van der Waals surface area (Å²) in [6.45, 7) is -1.21. The van der Waals surface area contributed by atoms with Crippen molar-refractivity contribution in [1.29, 1.82) is 0 Å². The van der Waals surface area contributed by atoms with Crippen molar-refractivity contribution in [2.45, 2.75) is 18.1 Å². The first-order valence-corrected chi connectivity index (χ1v) is 7.80. The van der Waals surface area contributed by atoms with Crippen LogP contribution in [0.2, 0.25) is 0 Å². The van der Waals surface area contributed by atoms with Gasteiger partial charge in [-0.1, -0.05) is 30.3 Å². The molecule has 0 amide bonds. The van der Waals surface area contributed by atoms with Crippen molar-refractivity contribution in [2.75, 3.05) is 13.2 Å². The molecule has 1 aromatic carbocycles. The van der Waals surface area contributed by atoms with E-state index in [1.54, 1.807) is 0 Å². The van der Waals surface area contributed by atoms with E-state index in [0.29, 0.717) is 12.8 Å². The molecule has 0 saturated heterocycles. The molecule has 1 N–H and O–H groups in total. The Labute approximate surface area is 130 Å². The van der Waals surface area contributed by atoms with Crippen LogP contribution in [0.1, 0.15) is 12.0 Å². The van der Waals surface area contributed by atoms with E-state index in [-0.39, 0.29) is 6.61 Å². The van der Waals surface area contributed by atoms with Crippen LogP contribution in [0.25, 0.3) is 0 Å². The van der Waals surface area contributed by atoms with Crippen LogP contribution in [0.15, 0.2) is 30.3 Å². The molecule has 0 radical (unpaired) electrons. The minimum absolute atomic E-state index is 0.0278. The third-order valence-electron chi connectivity index (χ3n) is 2.60. The number of aryl methyl sites for hydroxylation is 1. The van der Waals surface area contributed by atoms with E-state index in [4.69, 9.17) is 4.55 Å². The largest absolute Gasteiger partial charge is 0.465 e. The number of esters is 2. The van der Waals surface area contributed by atoms with Crippen molar-refractivity contribution < 1.29 is 40.8 Å². The SMILES string of the molecule is O=C(COC(=O)C(F)(F)S(=O)(=O)O)OCCCc1ccccc1. The quantitative estimate of drug-likeness (QED) is 0.425. The van der Waals surface area contributed by atoms with Gasteiger partial charge in [0.2, 0.25) is 0 Å². The number of carbonyl (C=O) groups excluding carboxylic acids is 2. The van der Waals surface area contributed by atoms with E-state index in [0.717, 1.165) is 5.56 Å². The number of halogens is 2. The molecule has 10 heteroatoms. The van der Waals surface area contributed by atoms with Crippen LogP contribution < -0.4 is 0 Å². The lowest BCUT2D eigenvalue weighted by Gasteiger charge is -2.11. The van der Waals surface area contributed by atoms with Crippen molar-refractivity contribution in [3.05, 3.63) is 35.9 Å². The van der Waals surface area contributed by atoms with Gasteiger partial charge in [-0.05, 0) is 18.4 Å². The smallest absolute Gasteiger partial charge is 0.463 e. The lowest BCUT2D eigenvalue weighted by atomic mass is 10.1. The number of hydrogen-bond donors (Lipinski definition) is 1. The van der Waals surface area contributed by atoms with E-state index in [2.05, 4.69) is 9.47 Å². The second-order valence-electron chi connectivity index (χ2n) is 4.38. The summed E-state index contributed by atoms with van der Waals surface area (Å²) in [5.41, 5.74) is 1.02. The monoisotopic (exact) mass is 352 g/mol. The van der Waals surface area contributed by atoms with Crippen LogP contribution in [-0.2, 0) is 35.6 Å². The Kier molecular flexibility index (Phi) is 6.58. The zero-order valence-corrected chi connectivity index (χ0v) is 12.6. The first-order chi connectivity index (χ1) is 10.6. The number of rotatable bonds is 8. The summed E-state index contributed by atoms with van der Waals surface area (Å²) in [7, 11) is -5.96. The molecule has 0 heterocycles. The molecule has 0 aliphatic heterocycles. The minimum Gasteiger partial charge on any atom is -0.463 e. The number of hydrogen-bond acceptors (Lipinski definition) is 6.